The second-order valence-electron chi connectivity index (χ2n) is 3.48. The van der Waals surface area contributed by atoms with Gasteiger partial charge in [0.05, 0.1) is 0 Å². The molecule has 0 aliphatic heterocycles. The van der Waals surface area contributed by atoms with Crippen molar-refractivity contribution in [3.63, 3.8) is 0 Å². The summed E-state index contributed by atoms with van der Waals surface area (Å²) in [6, 6.07) is 7.47. The first-order valence-corrected chi connectivity index (χ1v) is 5.26. The maximum absolute atomic E-state index is 5.75. The van der Waals surface area contributed by atoms with Crippen LogP contribution in [0.4, 0.5) is 0 Å². The Morgan fingerprint density at radius 2 is 2.00 bits per heavy atom. The fourth-order valence-electron chi connectivity index (χ4n) is 1.32. The summed E-state index contributed by atoms with van der Waals surface area (Å²) < 4.78 is 5.64. The third-order valence-electron chi connectivity index (χ3n) is 2.38. The molecule has 0 saturated carbocycles. The van der Waals surface area contributed by atoms with Crippen molar-refractivity contribution >= 4 is 11.6 Å². The Bertz CT molecular complexity index is 514. The van der Waals surface area contributed by atoms with Crippen LogP contribution < -0.4 is 4.74 Å². The minimum absolute atomic E-state index is 0.371. The van der Waals surface area contributed by atoms with Crippen LogP contribution >= 0.6 is 11.6 Å². The van der Waals surface area contributed by atoms with E-state index < -0.39 is 0 Å². The fourth-order valence-corrected chi connectivity index (χ4v) is 1.46. The first-order chi connectivity index (χ1) is 7.66. The predicted octanol–water partition coefficient (Wildman–Crippen LogP) is 3.54. The van der Waals surface area contributed by atoms with E-state index in [1.54, 1.807) is 6.07 Å². The number of benzene rings is 1. The predicted molar refractivity (Wildman–Crippen MR) is 63.0 cm³/mol. The molecule has 0 radical (unpaired) electrons. The summed E-state index contributed by atoms with van der Waals surface area (Å²) in [4.78, 5) is 7.78. The highest BCUT2D eigenvalue weighted by atomic mass is 35.5. The molecule has 16 heavy (non-hydrogen) atoms. The Balaban J connectivity index is 2.31. The zero-order chi connectivity index (χ0) is 11.5. The van der Waals surface area contributed by atoms with Crippen molar-refractivity contribution in [1.82, 2.24) is 9.97 Å². The molecule has 0 aliphatic rings. The van der Waals surface area contributed by atoms with E-state index in [2.05, 4.69) is 9.97 Å². The van der Waals surface area contributed by atoms with Crippen molar-refractivity contribution in [3.8, 4) is 11.6 Å². The van der Waals surface area contributed by atoms with Crippen molar-refractivity contribution < 1.29 is 4.74 Å². The summed E-state index contributed by atoms with van der Waals surface area (Å²) >= 11 is 5.75. The quantitative estimate of drug-likeness (QED) is 0.746. The van der Waals surface area contributed by atoms with E-state index in [-0.39, 0.29) is 0 Å². The van der Waals surface area contributed by atoms with Crippen molar-refractivity contribution in [2.24, 2.45) is 0 Å². The molecule has 1 aromatic heterocycles. The molecule has 1 heterocycles. The van der Waals surface area contributed by atoms with Gasteiger partial charge in [0.25, 0.3) is 0 Å². The van der Waals surface area contributed by atoms with E-state index in [1.165, 1.54) is 11.9 Å². The van der Waals surface area contributed by atoms with Crippen LogP contribution in [0.15, 0.2) is 30.6 Å². The molecular weight excluding hydrogens is 224 g/mol. The molecule has 0 unspecified atom stereocenters. The topological polar surface area (TPSA) is 35.0 Å². The third-order valence-corrected chi connectivity index (χ3v) is 2.58. The molecule has 0 saturated heterocycles. The van der Waals surface area contributed by atoms with Gasteiger partial charge in [0.15, 0.2) is 0 Å². The monoisotopic (exact) mass is 234 g/mol. The van der Waals surface area contributed by atoms with Crippen LogP contribution in [0.3, 0.4) is 0 Å². The standard InChI is InChI=1S/C12H11ClN2O/c1-8-4-3-5-10(9(8)2)16-12-6-11(13)14-7-15-12/h3-7H,1-2H3. The molecule has 0 amide bonds. The zero-order valence-corrected chi connectivity index (χ0v) is 9.82. The lowest BCUT2D eigenvalue weighted by Gasteiger charge is -2.09. The van der Waals surface area contributed by atoms with Crippen molar-refractivity contribution in [2.75, 3.05) is 0 Å². The number of ether oxygens (including phenoxy) is 1. The molecule has 0 atom stereocenters. The minimum Gasteiger partial charge on any atom is -0.439 e. The number of hydrogen-bond donors (Lipinski definition) is 0. The summed E-state index contributed by atoms with van der Waals surface area (Å²) in [5.74, 6) is 1.24. The van der Waals surface area contributed by atoms with Gasteiger partial charge in [0.1, 0.15) is 17.2 Å². The van der Waals surface area contributed by atoms with E-state index in [9.17, 15) is 0 Å². The van der Waals surface area contributed by atoms with Crippen LogP contribution in [0, 0.1) is 13.8 Å². The van der Waals surface area contributed by atoms with Gasteiger partial charge < -0.3 is 4.74 Å². The van der Waals surface area contributed by atoms with Gasteiger partial charge in [0, 0.05) is 6.07 Å². The zero-order valence-electron chi connectivity index (χ0n) is 9.07. The van der Waals surface area contributed by atoms with Crippen molar-refractivity contribution in [1.29, 1.82) is 0 Å². The summed E-state index contributed by atoms with van der Waals surface area (Å²) in [6.45, 7) is 4.04. The Morgan fingerprint density at radius 3 is 2.75 bits per heavy atom. The van der Waals surface area contributed by atoms with Crippen LogP contribution in [-0.4, -0.2) is 9.97 Å². The fraction of sp³-hybridized carbons (Fsp3) is 0.167. The maximum Gasteiger partial charge on any atom is 0.223 e. The van der Waals surface area contributed by atoms with E-state index in [0.717, 1.165) is 11.3 Å². The second kappa shape index (κ2) is 4.49. The Labute approximate surface area is 99.1 Å². The molecular formula is C12H11ClN2O. The summed E-state index contributed by atoms with van der Waals surface area (Å²) in [5, 5.41) is 0.371. The SMILES string of the molecule is Cc1cccc(Oc2cc(Cl)ncn2)c1C. The van der Waals surface area contributed by atoms with Crippen LogP contribution in [0.2, 0.25) is 5.15 Å². The van der Waals surface area contributed by atoms with Crippen LogP contribution in [-0.2, 0) is 0 Å². The van der Waals surface area contributed by atoms with Crippen molar-refractivity contribution in [2.45, 2.75) is 13.8 Å². The molecule has 0 fully saturated rings. The highest BCUT2D eigenvalue weighted by Gasteiger charge is 2.04. The Kier molecular flexibility index (Phi) is 3.06. The van der Waals surface area contributed by atoms with Gasteiger partial charge in [-0.3, -0.25) is 0 Å². The molecule has 3 nitrogen and oxygen atoms in total. The summed E-state index contributed by atoms with van der Waals surface area (Å²) in [5.41, 5.74) is 2.27. The average molecular weight is 235 g/mol. The minimum atomic E-state index is 0.371. The number of halogens is 1. The molecule has 2 rings (SSSR count). The van der Waals surface area contributed by atoms with E-state index in [4.69, 9.17) is 16.3 Å². The van der Waals surface area contributed by atoms with Crippen LogP contribution in [0.1, 0.15) is 11.1 Å². The highest BCUT2D eigenvalue weighted by Crippen LogP contribution is 2.26. The highest BCUT2D eigenvalue weighted by molar-refractivity contribution is 6.29. The normalized spacial score (nSPS) is 10.2. The largest absolute Gasteiger partial charge is 0.439 e. The van der Waals surface area contributed by atoms with Gasteiger partial charge in [-0.25, -0.2) is 9.97 Å². The summed E-state index contributed by atoms with van der Waals surface area (Å²) in [6.07, 6.45) is 1.38. The number of nitrogens with zero attached hydrogens (tertiary/aromatic N) is 2. The average Bonchev–Trinajstić information content (AvgIpc) is 2.25. The second-order valence-corrected chi connectivity index (χ2v) is 3.87. The van der Waals surface area contributed by atoms with E-state index >= 15 is 0 Å². The third kappa shape index (κ3) is 2.31. The smallest absolute Gasteiger partial charge is 0.223 e. The van der Waals surface area contributed by atoms with E-state index in [1.807, 2.05) is 32.0 Å². The maximum atomic E-state index is 5.75. The molecule has 0 aliphatic carbocycles. The summed E-state index contributed by atoms with van der Waals surface area (Å²) in [7, 11) is 0. The van der Waals surface area contributed by atoms with Crippen LogP contribution in [0.5, 0.6) is 11.6 Å². The Morgan fingerprint density at radius 1 is 1.19 bits per heavy atom. The lowest BCUT2D eigenvalue weighted by atomic mass is 10.1. The van der Waals surface area contributed by atoms with Gasteiger partial charge in [-0.1, -0.05) is 23.7 Å². The molecule has 2 aromatic rings. The van der Waals surface area contributed by atoms with Gasteiger partial charge >= 0.3 is 0 Å². The van der Waals surface area contributed by atoms with Gasteiger partial charge in [-0.2, -0.15) is 0 Å². The van der Waals surface area contributed by atoms with Crippen molar-refractivity contribution in [3.05, 3.63) is 46.9 Å². The number of rotatable bonds is 2. The molecule has 82 valence electrons. The first-order valence-electron chi connectivity index (χ1n) is 4.88. The Hall–Kier alpha value is -1.61. The first kappa shape index (κ1) is 10.9. The number of aryl methyl sites for hydroxylation is 1. The molecule has 4 heteroatoms. The van der Waals surface area contributed by atoms with Gasteiger partial charge in [-0.05, 0) is 31.0 Å². The molecule has 0 N–H and O–H groups in total. The van der Waals surface area contributed by atoms with Gasteiger partial charge in [0.2, 0.25) is 5.88 Å². The number of aromatic nitrogens is 2. The molecule has 0 spiro atoms. The van der Waals surface area contributed by atoms with Gasteiger partial charge in [-0.15, -0.1) is 0 Å². The molecule has 1 aromatic carbocycles. The lowest BCUT2D eigenvalue weighted by Crippen LogP contribution is -1.92. The van der Waals surface area contributed by atoms with Crippen LogP contribution in [0.25, 0.3) is 0 Å². The number of hydrogen-bond acceptors (Lipinski definition) is 3. The molecule has 0 bridgehead atoms. The van der Waals surface area contributed by atoms with E-state index in [0.29, 0.717) is 11.0 Å². The lowest BCUT2D eigenvalue weighted by molar-refractivity contribution is 0.457.